The van der Waals surface area contributed by atoms with Crippen molar-refractivity contribution in [3.63, 3.8) is 0 Å². The number of hydrogen-bond donors (Lipinski definition) is 1. The Hall–Kier alpha value is -2.26. The van der Waals surface area contributed by atoms with Gasteiger partial charge < -0.3 is 14.7 Å². The van der Waals surface area contributed by atoms with Crippen molar-refractivity contribution in [2.24, 2.45) is 11.8 Å². The molecule has 0 spiro atoms. The first-order valence-corrected chi connectivity index (χ1v) is 8.28. The Morgan fingerprint density at radius 1 is 1.40 bits per heavy atom. The van der Waals surface area contributed by atoms with Gasteiger partial charge in [0.1, 0.15) is 12.4 Å². The van der Waals surface area contributed by atoms with E-state index in [2.05, 4.69) is 11.8 Å². The summed E-state index contributed by atoms with van der Waals surface area (Å²) in [7, 11) is 3.81. The third kappa shape index (κ3) is 6.28. The maximum absolute atomic E-state index is 12.3. The van der Waals surface area contributed by atoms with Crippen molar-refractivity contribution in [2.75, 3.05) is 27.2 Å². The van der Waals surface area contributed by atoms with Gasteiger partial charge in [0, 0.05) is 6.20 Å². The van der Waals surface area contributed by atoms with Gasteiger partial charge in [0.25, 0.3) is 0 Å². The molecule has 1 N–H and O–H groups in total. The first-order valence-electron chi connectivity index (χ1n) is 8.28. The van der Waals surface area contributed by atoms with Crippen LogP contribution in [-0.2, 0) is 14.3 Å². The average molecular weight is 348 g/mol. The summed E-state index contributed by atoms with van der Waals surface area (Å²) >= 11 is 0. The molecule has 1 aliphatic rings. The Morgan fingerprint density at radius 3 is 2.56 bits per heavy atom. The molecule has 0 fully saturated rings. The van der Waals surface area contributed by atoms with E-state index in [9.17, 15) is 14.7 Å². The zero-order chi connectivity index (χ0) is 19.2. The fraction of sp³-hybridized carbons (Fsp3) is 0.579. The van der Waals surface area contributed by atoms with Crippen molar-refractivity contribution in [3.05, 3.63) is 24.1 Å². The predicted molar refractivity (Wildman–Crippen MR) is 96.4 cm³/mol. The highest BCUT2D eigenvalue weighted by atomic mass is 16.5. The molecular weight excluding hydrogens is 320 g/mol. The standard InChI is InChI=1S/C19H28N2O4/c1-14(2)16(18(23)24)13-25-15-8-7-11-21(12-15)17(22)9-10-19(3,4)20(5)6/h7-8,11,14,16H,12-13H2,1-6H3,(H,23,24). The van der Waals surface area contributed by atoms with Crippen molar-refractivity contribution in [2.45, 2.75) is 33.2 Å². The highest BCUT2D eigenvalue weighted by Crippen LogP contribution is 2.16. The van der Waals surface area contributed by atoms with Crippen LogP contribution in [0.3, 0.4) is 0 Å². The summed E-state index contributed by atoms with van der Waals surface area (Å²) in [5, 5.41) is 9.20. The third-order valence-electron chi connectivity index (χ3n) is 4.30. The Kier molecular flexibility index (Phi) is 7.25. The van der Waals surface area contributed by atoms with E-state index in [-0.39, 0.29) is 25.0 Å². The molecule has 0 saturated carbocycles. The Labute approximate surface area is 150 Å². The lowest BCUT2D eigenvalue weighted by Gasteiger charge is -2.26. The van der Waals surface area contributed by atoms with E-state index in [0.717, 1.165) is 0 Å². The molecule has 0 aromatic heterocycles. The normalized spacial score (nSPS) is 15.5. The summed E-state index contributed by atoms with van der Waals surface area (Å²) in [4.78, 5) is 26.9. The van der Waals surface area contributed by atoms with E-state index < -0.39 is 17.4 Å². The smallest absolute Gasteiger partial charge is 0.310 e. The molecule has 0 radical (unpaired) electrons. The second-order valence-corrected chi connectivity index (χ2v) is 7.11. The summed E-state index contributed by atoms with van der Waals surface area (Å²) in [6.45, 7) is 7.88. The number of carboxylic acids is 1. The van der Waals surface area contributed by atoms with Crippen molar-refractivity contribution in [1.29, 1.82) is 0 Å². The van der Waals surface area contributed by atoms with E-state index in [1.54, 1.807) is 18.4 Å². The van der Waals surface area contributed by atoms with Gasteiger partial charge in [-0.3, -0.25) is 14.5 Å². The molecule has 1 aliphatic heterocycles. The minimum Gasteiger partial charge on any atom is -0.495 e. The number of nitrogens with zero attached hydrogens (tertiary/aromatic N) is 2. The first kappa shape index (κ1) is 20.8. The van der Waals surface area contributed by atoms with E-state index in [1.807, 2.05) is 46.7 Å². The summed E-state index contributed by atoms with van der Waals surface area (Å²) in [6.07, 6.45) is 5.07. The van der Waals surface area contributed by atoms with Gasteiger partial charge in [-0.15, -0.1) is 0 Å². The van der Waals surface area contributed by atoms with E-state index in [0.29, 0.717) is 5.76 Å². The van der Waals surface area contributed by atoms with Crippen LogP contribution < -0.4 is 0 Å². The zero-order valence-corrected chi connectivity index (χ0v) is 15.9. The average Bonchev–Trinajstić information content (AvgIpc) is 2.52. The van der Waals surface area contributed by atoms with Crippen LogP contribution in [0.4, 0.5) is 0 Å². The second-order valence-electron chi connectivity index (χ2n) is 7.11. The molecule has 0 aliphatic carbocycles. The number of rotatable bonds is 6. The molecule has 0 bridgehead atoms. The van der Waals surface area contributed by atoms with Crippen molar-refractivity contribution < 1.29 is 19.4 Å². The molecule has 1 rings (SSSR count). The molecular formula is C19H28N2O4. The third-order valence-corrected chi connectivity index (χ3v) is 4.30. The molecule has 6 nitrogen and oxygen atoms in total. The molecule has 1 atom stereocenters. The fourth-order valence-corrected chi connectivity index (χ4v) is 1.90. The van der Waals surface area contributed by atoms with Crippen LogP contribution in [0.5, 0.6) is 0 Å². The van der Waals surface area contributed by atoms with Gasteiger partial charge in [-0.05, 0) is 51.9 Å². The van der Waals surface area contributed by atoms with Gasteiger partial charge in [0.05, 0.1) is 18.0 Å². The highest BCUT2D eigenvalue weighted by molar-refractivity contribution is 5.94. The number of carboxylic acid groups (broad SMARTS) is 1. The van der Waals surface area contributed by atoms with Gasteiger partial charge in [0.15, 0.2) is 0 Å². The number of hydrogen-bond acceptors (Lipinski definition) is 4. The van der Waals surface area contributed by atoms with Crippen LogP contribution in [0, 0.1) is 23.7 Å². The maximum atomic E-state index is 12.3. The lowest BCUT2D eigenvalue weighted by atomic mass is 9.97. The summed E-state index contributed by atoms with van der Waals surface area (Å²) in [5.41, 5.74) is -0.406. The van der Waals surface area contributed by atoms with Crippen LogP contribution in [0.1, 0.15) is 27.7 Å². The minimum absolute atomic E-state index is 0.0332. The number of ether oxygens (including phenoxy) is 1. The van der Waals surface area contributed by atoms with Gasteiger partial charge >= 0.3 is 11.9 Å². The van der Waals surface area contributed by atoms with Crippen LogP contribution >= 0.6 is 0 Å². The molecule has 0 aromatic rings. The number of carbonyl (C=O) groups excluding carboxylic acids is 1. The van der Waals surface area contributed by atoms with E-state index in [4.69, 9.17) is 4.74 Å². The van der Waals surface area contributed by atoms with Crippen molar-refractivity contribution in [1.82, 2.24) is 9.80 Å². The monoisotopic (exact) mass is 348 g/mol. The van der Waals surface area contributed by atoms with Crippen LogP contribution in [0.15, 0.2) is 24.1 Å². The topological polar surface area (TPSA) is 70.1 Å². The van der Waals surface area contributed by atoms with Gasteiger partial charge in [-0.1, -0.05) is 19.8 Å². The summed E-state index contributed by atoms with van der Waals surface area (Å²) in [5.74, 6) is 4.36. The van der Waals surface area contributed by atoms with E-state index in [1.165, 1.54) is 4.90 Å². The van der Waals surface area contributed by atoms with E-state index >= 15 is 0 Å². The number of amides is 1. The van der Waals surface area contributed by atoms with Crippen LogP contribution in [0.2, 0.25) is 0 Å². The lowest BCUT2D eigenvalue weighted by Crippen LogP contribution is -2.37. The molecule has 25 heavy (non-hydrogen) atoms. The number of carbonyl (C=O) groups is 2. The van der Waals surface area contributed by atoms with Crippen molar-refractivity contribution in [3.8, 4) is 11.8 Å². The van der Waals surface area contributed by atoms with Crippen molar-refractivity contribution >= 4 is 11.9 Å². The minimum atomic E-state index is -0.883. The molecule has 138 valence electrons. The second kappa shape index (κ2) is 8.72. The molecule has 1 amide bonds. The highest BCUT2D eigenvalue weighted by Gasteiger charge is 2.24. The lowest BCUT2D eigenvalue weighted by molar-refractivity contribution is -0.145. The number of aliphatic carboxylic acids is 1. The zero-order valence-electron chi connectivity index (χ0n) is 15.9. The molecule has 1 heterocycles. The summed E-state index contributed by atoms with van der Waals surface area (Å²) in [6, 6.07) is 0. The molecule has 1 unspecified atom stereocenters. The van der Waals surface area contributed by atoms with Crippen LogP contribution in [-0.4, -0.2) is 59.6 Å². The Balaban J connectivity index is 2.68. The van der Waals surface area contributed by atoms with Gasteiger partial charge in [0.2, 0.25) is 0 Å². The van der Waals surface area contributed by atoms with Gasteiger partial charge in [-0.25, -0.2) is 0 Å². The molecule has 6 heteroatoms. The Morgan fingerprint density at radius 2 is 2.04 bits per heavy atom. The quantitative estimate of drug-likeness (QED) is 0.743. The predicted octanol–water partition coefficient (Wildman–Crippen LogP) is 1.94. The molecule has 0 saturated heterocycles. The summed E-state index contributed by atoms with van der Waals surface area (Å²) < 4.78 is 5.61. The first-order chi connectivity index (χ1) is 11.5. The van der Waals surface area contributed by atoms with Gasteiger partial charge in [-0.2, -0.15) is 0 Å². The Bertz CT molecular complexity index is 621. The maximum Gasteiger partial charge on any atom is 0.310 e. The number of allylic oxidation sites excluding steroid dienone is 2. The largest absolute Gasteiger partial charge is 0.495 e. The fourth-order valence-electron chi connectivity index (χ4n) is 1.90. The van der Waals surface area contributed by atoms with Crippen LogP contribution in [0.25, 0.3) is 0 Å². The molecule has 0 aromatic carbocycles. The SMILES string of the molecule is CC(C)C(COC1=CC=CN(C(=O)C#CC(C)(C)N(C)C)C1)C(=O)O.